The molecule has 0 N–H and O–H groups in total. The summed E-state index contributed by atoms with van der Waals surface area (Å²) in [6, 6.07) is 0. The Labute approximate surface area is 210 Å². The topological polar surface area (TPSA) is 43.5 Å². The van der Waals surface area contributed by atoms with Gasteiger partial charge in [-0.05, 0) is 135 Å². The van der Waals surface area contributed by atoms with E-state index in [1.807, 2.05) is 0 Å². The van der Waals surface area contributed by atoms with Gasteiger partial charge in [-0.2, -0.15) is 0 Å². The van der Waals surface area contributed by atoms with Gasteiger partial charge >= 0.3 is 0 Å². The van der Waals surface area contributed by atoms with Crippen molar-refractivity contribution in [1.29, 1.82) is 0 Å². The summed E-state index contributed by atoms with van der Waals surface area (Å²) in [5.41, 5.74) is 2.65. The maximum Gasteiger partial charge on any atom is 0.161 e. The highest BCUT2D eigenvalue weighted by atomic mass is 16.6. The highest BCUT2D eigenvalue weighted by molar-refractivity contribution is 5.41. The Balaban J connectivity index is 1.15. The summed E-state index contributed by atoms with van der Waals surface area (Å²) < 4.78 is 24.5. The molecule has 0 amide bonds. The van der Waals surface area contributed by atoms with E-state index in [1.54, 1.807) is 5.57 Å². The van der Waals surface area contributed by atoms with Crippen LogP contribution in [0.5, 0.6) is 0 Å². The molecule has 0 aromatic rings. The van der Waals surface area contributed by atoms with Crippen LogP contribution in [0.3, 0.4) is 0 Å². The van der Waals surface area contributed by atoms with Gasteiger partial charge in [0.2, 0.25) is 0 Å². The lowest BCUT2D eigenvalue weighted by atomic mass is 9.53. The van der Waals surface area contributed by atoms with Crippen molar-refractivity contribution in [1.82, 2.24) is 0 Å². The van der Waals surface area contributed by atoms with Crippen LogP contribution in [0.2, 0.25) is 0 Å². The minimum atomic E-state index is 0.282. The summed E-state index contributed by atoms with van der Waals surface area (Å²) >= 11 is 0. The van der Waals surface area contributed by atoms with Gasteiger partial charge < -0.3 is 18.9 Å². The van der Waals surface area contributed by atoms with Crippen molar-refractivity contribution in [2.45, 2.75) is 89.3 Å². The van der Waals surface area contributed by atoms with Gasteiger partial charge in [0.25, 0.3) is 0 Å². The molecule has 10 aliphatic rings. The predicted molar refractivity (Wildman–Crippen MR) is 131 cm³/mol. The van der Waals surface area contributed by atoms with Crippen molar-refractivity contribution in [3.05, 3.63) is 23.2 Å². The molecule has 7 bridgehead atoms. The van der Waals surface area contributed by atoms with E-state index in [0.29, 0.717) is 30.0 Å². The van der Waals surface area contributed by atoms with Gasteiger partial charge in [0.15, 0.2) is 11.5 Å². The van der Waals surface area contributed by atoms with E-state index in [0.717, 1.165) is 54.5 Å². The van der Waals surface area contributed by atoms with E-state index in [-0.39, 0.29) is 12.2 Å². The van der Waals surface area contributed by atoms with Gasteiger partial charge in [-0.3, -0.25) is 0 Å². The Bertz CT molecular complexity index is 951. The molecule has 10 rings (SSSR count). The van der Waals surface area contributed by atoms with E-state index < -0.39 is 0 Å². The second-order valence-corrected chi connectivity index (χ2v) is 14.6. The summed E-state index contributed by atoms with van der Waals surface area (Å²) in [4.78, 5) is 0. The molecule has 190 valence electrons. The lowest BCUT2D eigenvalue weighted by Gasteiger charge is -2.52. The molecule has 0 radical (unpaired) electrons. The third-order valence-electron chi connectivity index (χ3n) is 12.5. The van der Waals surface area contributed by atoms with Crippen LogP contribution in [0, 0.1) is 52.3 Å². The number of rotatable bonds is 8. The monoisotopic (exact) mass is 478 g/mol. The molecular weight excluding hydrogens is 436 g/mol. The van der Waals surface area contributed by atoms with Gasteiger partial charge in [-0.15, -0.1) is 0 Å². The molecule has 4 nitrogen and oxygen atoms in total. The van der Waals surface area contributed by atoms with Crippen molar-refractivity contribution in [3.63, 3.8) is 0 Å². The molecule has 0 aromatic heterocycles. The van der Waals surface area contributed by atoms with Crippen molar-refractivity contribution in [2.75, 3.05) is 26.4 Å². The van der Waals surface area contributed by atoms with E-state index in [9.17, 15) is 0 Å². The molecule has 8 aliphatic carbocycles. The van der Waals surface area contributed by atoms with Gasteiger partial charge in [0, 0.05) is 0 Å². The third kappa shape index (κ3) is 3.24. The van der Waals surface area contributed by atoms with E-state index in [2.05, 4.69) is 6.08 Å². The zero-order valence-corrected chi connectivity index (χ0v) is 21.2. The number of epoxide rings is 2. The van der Waals surface area contributed by atoms with Gasteiger partial charge in [0.1, 0.15) is 25.4 Å². The highest BCUT2D eigenvalue weighted by Crippen LogP contribution is 2.73. The molecule has 4 heteroatoms. The molecule has 2 aliphatic heterocycles. The minimum Gasteiger partial charge on any atom is -0.487 e. The second kappa shape index (κ2) is 7.31. The maximum atomic E-state index is 6.85. The van der Waals surface area contributed by atoms with Crippen LogP contribution < -0.4 is 0 Å². The Morgan fingerprint density at radius 3 is 2.17 bits per heavy atom. The van der Waals surface area contributed by atoms with E-state index in [4.69, 9.17) is 18.9 Å². The first kappa shape index (κ1) is 21.0. The first-order valence-corrected chi connectivity index (χ1v) is 15.1. The standard InChI is InChI=1S/C31H42O4/c1-2-20-10-30(8-18(1)5-21(20)11-30)26-3-4-27(34-16-24-14-32-24)29(35-17-25-15-33-25)28(26)31-9-19-6-22(12-31)23(7-19)13-31/h4,18-26H,1-3,5-17H2. The molecule has 9 fully saturated rings. The van der Waals surface area contributed by atoms with Gasteiger partial charge in [-0.1, -0.05) is 6.42 Å². The smallest absolute Gasteiger partial charge is 0.161 e. The fourth-order valence-corrected chi connectivity index (χ4v) is 11.4. The molecule has 7 saturated carbocycles. The van der Waals surface area contributed by atoms with Crippen LogP contribution >= 0.6 is 0 Å². The lowest BCUT2D eigenvalue weighted by molar-refractivity contribution is 0.0464. The van der Waals surface area contributed by atoms with E-state index in [1.165, 1.54) is 82.8 Å². The number of fused-ring (bicyclic) bond motifs is 2. The average Bonchev–Trinajstić information content (AvgIpc) is 3.77. The number of ether oxygens (including phenoxy) is 4. The van der Waals surface area contributed by atoms with Crippen LogP contribution in [0.1, 0.15) is 77.0 Å². The molecule has 35 heavy (non-hydrogen) atoms. The summed E-state index contributed by atoms with van der Waals surface area (Å²) in [5.74, 6) is 8.80. The molecule has 9 unspecified atom stereocenters. The quantitative estimate of drug-likeness (QED) is 0.400. The maximum absolute atomic E-state index is 6.85. The van der Waals surface area contributed by atoms with E-state index >= 15 is 0 Å². The highest BCUT2D eigenvalue weighted by Gasteiger charge is 2.63. The summed E-state index contributed by atoms with van der Waals surface area (Å²) in [5, 5.41) is 0. The Morgan fingerprint density at radius 1 is 0.743 bits per heavy atom. The average molecular weight is 479 g/mol. The van der Waals surface area contributed by atoms with Crippen molar-refractivity contribution >= 4 is 0 Å². The fourth-order valence-electron chi connectivity index (χ4n) is 11.4. The number of hydrogen-bond acceptors (Lipinski definition) is 4. The molecular formula is C31H42O4. The zero-order valence-electron chi connectivity index (χ0n) is 21.2. The predicted octanol–water partition coefficient (Wildman–Crippen LogP) is 6.02. The van der Waals surface area contributed by atoms with Crippen LogP contribution in [-0.2, 0) is 18.9 Å². The van der Waals surface area contributed by atoms with Gasteiger partial charge in [0.05, 0.1) is 13.2 Å². The van der Waals surface area contributed by atoms with Crippen molar-refractivity contribution in [3.8, 4) is 0 Å². The van der Waals surface area contributed by atoms with Crippen molar-refractivity contribution in [2.24, 2.45) is 52.3 Å². The molecule has 0 aromatic carbocycles. The summed E-state index contributed by atoms with van der Waals surface area (Å²) in [6.45, 7) is 3.07. The molecule has 2 saturated heterocycles. The lowest BCUT2D eigenvalue weighted by Crippen LogP contribution is -2.43. The Hall–Kier alpha value is -1.00. The van der Waals surface area contributed by atoms with Crippen molar-refractivity contribution < 1.29 is 18.9 Å². The fraction of sp³-hybridized carbons (Fsp3) is 0.871. The molecule has 2 heterocycles. The summed E-state index contributed by atoms with van der Waals surface area (Å²) in [7, 11) is 0. The number of hydrogen-bond donors (Lipinski definition) is 0. The first-order valence-electron chi connectivity index (χ1n) is 15.1. The van der Waals surface area contributed by atoms with Crippen LogP contribution in [0.15, 0.2) is 23.2 Å². The van der Waals surface area contributed by atoms with Crippen LogP contribution in [-0.4, -0.2) is 38.6 Å². The molecule has 9 atom stereocenters. The van der Waals surface area contributed by atoms with Crippen LogP contribution in [0.4, 0.5) is 0 Å². The zero-order chi connectivity index (χ0) is 22.8. The first-order chi connectivity index (χ1) is 17.2. The Kier molecular flexibility index (Phi) is 4.38. The van der Waals surface area contributed by atoms with Gasteiger partial charge in [-0.25, -0.2) is 0 Å². The largest absolute Gasteiger partial charge is 0.487 e. The number of allylic oxidation sites excluding steroid dienone is 2. The SMILES string of the molecule is C1=C(OCC2CO2)C(OCC2CO2)=C(C23CC4CC(C2)C(C4)C3)C(C23CC4CCC(C2)C(C4)C3)C1. The second-order valence-electron chi connectivity index (χ2n) is 14.6. The minimum absolute atomic E-state index is 0.282. The summed E-state index contributed by atoms with van der Waals surface area (Å²) in [6.07, 6.45) is 20.5. The molecule has 0 spiro atoms. The van der Waals surface area contributed by atoms with Crippen LogP contribution in [0.25, 0.3) is 0 Å². The normalized spacial score (nSPS) is 54.4. The Morgan fingerprint density at radius 2 is 1.43 bits per heavy atom. The third-order valence-corrected chi connectivity index (χ3v) is 12.5.